The van der Waals surface area contributed by atoms with Gasteiger partial charge >= 0.3 is 6.03 Å². The maximum atomic E-state index is 13.6. The summed E-state index contributed by atoms with van der Waals surface area (Å²) in [5.41, 5.74) is 8.76. The normalized spacial score (nSPS) is 15.0. The fourth-order valence-electron chi connectivity index (χ4n) is 4.69. The number of urea groups is 1. The lowest BCUT2D eigenvalue weighted by molar-refractivity contribution is 0.102. The third-order valence-corrected chi connectivity index (χ3v) is 7.02. The highest BCUT2D eigenvalue weighted by Gasteiger charge is 2.19. The summed E-state index contributed by atoms with van der Waals surface area (Å²) < 4.78 is 13.6. The number of carbonyl (C=O) groups excluding carboxylic acids is 2. The molecule has 0 aliphatic carbocycles. The molecule has 4 rings (SSSR count). The van der Waals surface area contributed by atoms with E-state index in [1.54, 1.807) is 36.4 Å². The Kier molecular flexibility index (Phi) is 9.32. The molecule has 1 aliphatic heterocycles. The van der Waals surface area contributed by atoms with E-state index in [1.807, 2.05) is 24.3 Å². The number of para-hydroxylation sites is 2. The van der Waals surface area contributed by atoms with Gasteiger partial charge in [-0.05, 0) is 99.3 Å². The van der Waals surface area contributed by atoms with E-state index in [4.69, 9.17) is 5.73 Å². The molecule has 3 aromatic carbocycles. The first-order valence-electron chi connectivity index (χ1n) is 13.2. The minimum atomic E-state index is -0.415. The molecule has 1 fully saturated rings. The summed E-state index contributed by atoms with van der Waals surface area (Å²) in [6.45, 7) is 5.48. The standard InChI is InChI=1S/C30H36FN5O2/c1-21-15-18-36(19-16-21)17-5-10-27(35-30(38)33-25-7-4-6-24(31)20-25)22-11-13-23(14-12-22)29(37)34-28-9-3-2-8-26(28)32/h2-4,6-9,11-14,20-21,27H,5,10,15-19,32H2,1H3,(H,34,37)(H2,33,35,38). The van der Waals surface area contributed by atoms with Crippen LogP contribution in [0.25, 0.3) is 0 Å². The Bertz CT molecular complexity index is 1230. The molecule has 3 aromatic rings. The maximum absolute atomic E-state index is 13.6. The van der Waals surface area contributed by atoms with Gasteiger partial charge in [0.25, 0.3) is 5.91 Å². The average Bonchev–Trinajstić information content (AvgIpc) is 2.90. The van der Waals surface area contributed by atoms with Gasteiger partial charge < -0.3 is 26.6 Å². The van der Waals surface area contributed by atoms with Crippen molar-refractivity contribution in [3.05, 3.63) is 89.7 Å². The molecular formula is C30H36FN5O2. The highest BCUT2D eigenvalue weighted by Crippen LogP contribution is 2.23. The van der Waals surface area contributed by atoms with Crippen LogP contribution in [0, 0.1) is 11.7 Å². The molecule has 5 N–H and O–H groups in total. The van der Waals surface area contributed by atoms with Gasteiger partial charge in [0.05, 0.1) is 17.4 Å². The lowest BCUT2D eigenvalue weighted by Crippen LogP contribution is -2.35. The van der Waals surface area contributed by atoms with Crippen molar-refractivity contribution in [2.24, 2.45) is 5.92 Å². The number of likely N-dealkylation sites (tertiary alicyclic amines) is 1. The minimum Gasteiger partial charge on any atom is -0.397 e. The summed E-state index contributed by atoms with van der Waals surface area (Å²) in [4.78, 5) is 28.0. The maximum Gasteiger partial charge on any atom is 0.319 e. The zero-order valence-electron chi connectivity index (χ0n) is 21.8. The molecule has 8 heteroatoms. The highest BCUT2D eigenvalue weighted by atomic mass is 19.1. The van der Waals surface area contributed by atoms with Crippen LogP contribution < -0.4 is 21.7 Å². The van der Waals surface area contributed by atoms with Crippen LogP contribution in [0.4, 0.5) is 26.2 Å². The zero-order valence-corrected chi connectivity index (χ0v) is 21.8. The van der Waals surface area contributed by atoms with Crippen LogP contribution >= 0.6 is 0 Å². The summed E-state index contributed by atoms with van der Waals surface area (Å²) in [5.74, 6) is 0.102. The number of hydrogen-bond donors (Lipinski definition) is 4. The average molecular weight is 518 g/mol. The Balaban J connectivity index is 1.42. The van der Waals surface area contributed by atoms with Crippen LogP contribution in [0.15, 0.2) is 72.8 Å². The first-order chi connectivity index (χ1) is 18.4. The number of rotatable bonds is 9. The van der Waals surface area contributed by atoms with E-state index in [0.29, 0.717) is 22.6 Å². The van der Waals surface area contributed by atoms with Gasteiger partial charge in [0.1, 0.15) is 5.82 Å². The number of halogens is 1. The van der Waals surface area contributed by atoms with Gasteiger partial charge in [0.15, 0.2) is 0 Å². The fourth-order valence-corrected chi connectivity index (χ4v) is 4.69. The van der Waals surface area contributed by atoms with Crippen LogP contribution in [-0.4, -0.2) is 36.5 Å². The quantitative estimate of drug-likeness (QED) is 0.260. The van der Waals surface area contributed by atoms with Crippen molar-refractivity contribution < 1.29 is 14.0 Å². The monoisotopic (exact) mass is 517 g/mol. The van der Waals surface area contributed by atoms with Gasteiger partial charge in [-0.2, -0.15) is 0 Å². The lowest BCUT2D eigenvalue weighted by atomic mass is 9.97. The Labute approximate surface area is 223 Å². The molecule has 0 saturated carbocycles. The third-order valence-electron chi connectivity index (χ3n) is 7.02. The number of anilines is 3. The van der Waals surface area contributed by atoms with E-state index < -0.39 is 11.8 Å². The van der Waals surface area contributed by atoms with Gasteiger partial charge in [0.2, 0.25) is 0 Å². The molecule has 0 bridgehead atoms. The molecule has 1 saturated heterocycles. The molecule has 1 atom stereocenters. The van der Waals surface area contributed by atoms with Crippen molar-refractivity contribution in [2.75, 3.05) is 36.0 Å². The number of hydrogen-bond acceptors (Lipinski definition) is 4. The number of nitrogens with zero attached hydrogens (tertiary/aromatic N) is 1. The van der Waals surface area contributed by atoms with Crippen molar-refractivity contribution in [2.45, 2.75) is 38.6 Å². The molecule has 0 spiro atoms. The number of amides is 3. The van der Waals surface area contributed by atoms with E-state index in [9.17, 15) is 14.0 Å². The molecule has 7 nitrogen and oxygen atoms in total. The third kappa shape index (κ3) is 7.79. The topological polar surface area (TPSA) is 99.5 Å². The first-order valence-corrected chi connectivity index (χ1v) is 13.2. The summed E-state index contributed by atoms with van der Waals surface area (Å²) >= 11 is 0. The number of nitrogens with two attached hydrogens (primary N) is 1. The Hall–Kier alpha value is -3.91. The minimum absolute atomic E-state index is 0.262. The van der Waals surface area contributed by atoms with Crippen molar-refractivity contribution >= 4 is 29.0 Å². The number of piperidine rings is 1. The Morgan fingerprint density at radius 1 is 1.00 bits per heavy atom. The molecule has 38 heavy (non-hydrogen) atoms. The predicted octanol–water partition coefficient (Wildman–Crippen LogP) is 6.04. The smallest absolute Gasteiger partial charge is 0.319 e. The van der Waals surface area contributed by atoms with E-state index >= 15 is 0 Å². The molecule has 1 aliphatic rings. The first kappa shape index (κ1) is 27.1. The molecular weight excluding hydrogens is 481 g/mol. The summed E-state index contributed by atoms with van der Waals surface area (Å²) in [5, 5.41) is 8.58. The molecule has 1 heterocycles. The second-order valence-corrected chi connectivity index (χ2v) is 9.99. The van der Waals surface area contributed by atoms with Gasteiger partial charge in [-0.3, -0.25) is 4.79 Å². The van der Waals surface area contributed by atoms with E-state index in [-0.39, 0.29) is 11.9 Å². The van der Waals surface area contributed by atoms with Crippen LogP contribution in [0.1, 0.15) is 54.6 Å². The molecule has 1 unspecified atom stereocenters. The van der Waals surface area contributed by atoms with Crippen molar-refractivity contribution in [3.8, 4) is 0 Å². The summed E-state index contributed by atoms with van der Waals surface area (Å²) in [6, 6.07) is 19.4. The molecule has 200 valence electrons. The van der Waals surface area contributed by atoms with E-state index in [2.05, 4.69) is 27.8 Å². The fraction of sp³-hybridized carbons (Fsp3) is 0.333. The molecule has 0 aromatic heterocycles. The van der Waals surface area contributed by atoms with E-state index in [1.165, 1.54) is 25.0 Å². The van der Waals surface area contributed by atoms with Crippen LogP contribution in [0.5, 0.6) is 0 Å². The zero-order chi connectivity index (χ0) is 26.9. The number of carbonyl (C=O) groups is 2. The van der Waals surface area contributed by atoms with Gasteiger partial charge in [-0.15, -0.1) is 0 Å². The Morgan fingerprint density at radius 2 is 1.74 bits per heavy atom. The van der Waals surface area contributed by atoms with Crippen LogP contribution in [-0.2, 0) is 0 Å². The van der Waals surface area contributed by atoms with Crippen molar-refractivity contribution in [3.63, 3.8) is 0 Å². The van der Waals surface area contributed by atoms with Crippen LogP contribution in [0.3, 0.4) is 0 Å². The summed E-state index contributed by atoms with van der Waals surface area (Å²) in [6.07, 6.45) is 4.08. The number of benzene rings is 3. The summed E-state index contributed by atoms with van der Waals surface area (Å²) in [7, 11) is 0. The van der Waals surface area contributed by atoms with Gasteiger partial charge in [0, 0.05) is 11.3 Å². The van der Waals surface area contributed by atoms with Gasteiger partial charge in [-0.1, -0.05) is 37.3 Å². The van der Waals surface area contributed by atoms with Crippen molar-refractivity contribution in [1.29, 1.82) is 0 Å². The lowest BCUT2D eigenvalue weighted by Gasteiger charge is -2.30. The Morgan fingerprint density at radius 3 is 2.45 bits per heavy atom. The largest absolute Gasteiger partial charge is 0.397 e. The second-order valence-electron chi connectivity index (χ2n) is 9.99. The predicted molar refractivity (Wildman–Crippen MR) is 151 cm³/mol. The second kappa shape index (κ2) is 13.1. The van der Waals surface area contributed by atoms with Crippen LogP contribution in [0.2, 0.25) is 0 Å². The van der Waals surface area contributed by atoms with E-state index in [0.717, 1.165) is 44.0 Å². The molecule has 3 amide bonds. The van der Waals surface area contributed by atoms with Gasteiger partial charge in [-0.25, -0.2) is 9.18 Å². The molecule has 0 radical (unpaired) electrons. The highest BCUT2D eigenvalue weighted by molar-refractivity contribution is 6.05. The number of nitrogens with one attached hydrogen (secondary N) is 3. The number of nitrogen functional groups attached to an aromatic ring is 1. The SMILES string of the molecule is CC1CCN(CCCC(NC(=O)Nc2cccc(F)c2)c2ccc(C(=O)Nc3ccccc3N)cc2)CC1. The van der Waals surface area contributed by atoms with Crippen molar-refractivity contribution in [1.82, 2.24) is 10.2 Å².